The third kappa shape index (κ3) is 4.47. The van der Waals surface area contributed by atoms with E-state index in [9.17, 15) is 4.79 Å². The Bertz CT molecular complexity index is 1170. The molecule has 0 N–H and O–H groups in total. The maximum absolute atomic E-state index is 13.0. The van der Waals surface area contributed by atoms with Crippen molar-refractivity contribution >= 4 is 44.9 Å². The molecule has 0 spiro atoms. The summed E-state index contributed by atoms with van der Waals surface area (Å²) in [4.78, 5) is 30.2. The number of aromatic nitrogens is 2. The monoisotopic (exact) mass is 482 g/mol. The summed E-state index contributed by atoms with van der Waals surface area (Å²) < 4.78 is 0. The number of thiophene rings is 1. The van der Waals surface area contributed by atoms with E-state index in [1.807, 2.05) is 28.4 Å². The minimum Gasteiger partial charge on any atom is -0.352 e. The molecule has 0 saturated carbocycles. The molecule has 1 aliphatic carbocycles. The quantitative estimate of drug-likeness (QED) is 0.422. The number of anilines is 1. The van der Waals surface area contributed by atoms with Crippen molar-refractivity contribution in [1.82, 2.24) is 14.9 Å². The molecule has 33 heavy (non-hydrogen) atoms. The second kappa shape index (κ2) is 9.59. The van der Waals surface area contributed by atoms with Crippen molar-refractivity contribution in [3.8, 4) is 0 Å². The van der Waals surface area contributed by atoms with Crippen molar-refractivity contribution in [2.75, 3.05) is 31.1 Å². The highest BCUT2D eigenvalue weighted by molar-refractivity contribution is 7.19. The number of carbonyl (C=O) groups excluding carboxylic acids is 1. The fraction of sp³-hybridized carbons (Fsp3) is 0.500. The maximum Gasteiger partial charge on any atom is 0.254 e. The van der Waals surface area contributed by atoms with Crippen LogP contribution in [0.25, 0.3) is 10.2 Å². The summed E-state index contributed by atoms with van der Waals surface area (Å²) in [6.07, 6.45) is 7.13. The van der Waals surface area contributed by atoms with Crippen LogP contribution < -0.4 is 4.90 Å². The second-order valence-corrected chi connectivity index (χ2v) is 10.8. The predicted molar refractivity (Wildman–Crippen MR) is 137 cm³/mol. The first-order valence-electron chi connectivity index (χ1n) is 12.2. The third-order valence-corrected chi connectivity index (χ3v) is 8.47. The summed E-state index contributed by atoms with van der Waals surface area (Å²) in [7, 11) is 0. The Morgan fingerprint density at radius 1 is 1.12 bits per heavy atom. The molecular weight excluding hydrogens is 452 g/mol. The van der Waals surface area contributed by atoms with E-state index >= 15 is 0 Å². The molecule has 0 radical (unpaired) electrons. The SMILES string of the molecule is CC[C@@H](C)c1nc(N2CCN(C(=O)c3cccc(Cl)c3)CC2)c2c3c(sc2n1)CCCCC3. The Morgan fingerprint density at radius 3 is 2.67 bits per heavy atom. The highest BCUT2D eigenvalue weighted by Crippen LogP contribution is 2.40. The van der Waals surface area contributed by atoms with E-state index in [0.29, 0.717) is 29.6 Å². The van der Waals surface area contributed by atoms with Crippen LogP contribution in [-0.2, 0) is 12.8 Å². The minimum atomic E-state index is 0.0506. The van der Waals surface area contributed by atoms with Gasteiger partial charge in [0.2, 0.25) is 0 Å². The molecule has 3 aromatic rings. The number of fused-ring (bicyclic) bond motifs is 3. The average Bonchev–Trinajstić information content (AvgIpc) is 3.03. The largest absolute Gasteiger partial charge is 0.352 e. The third-order valence-electron chi connectivity index (χ3n) is 7.05. The van der Waals surface area contributed by atoms with Gasteiger partial charge in [-0.3, -0.25) is 4.79 Å². The first kappa shape index (κ1) is 22.6. The van der Waals surface area contributed by atoms with Gasteiger partial charge in [-0.05, 0) is 55.9 Å². The van der Waals surface area contributed by atoms with Crippen LogP contribution in [0.3, 0.4) is 0 Å². The molecule has 2 aliphatic rings. The summed E-state index contributed by atoms with van der Waals surface area (Å²) in [5.41, 5.74) is 2.14. The van der Waals surface area contributed by atoms with Gasteiger partial charge in [-0.15, -0.1) is 11.3 Å². The number of nitrogens with zero attached hydrogens (tertiary/aromatic N) is 4. The second-order valence-electron chi connectivity index (χ2n) is 9.25. The van der Waals surface area contributed by atoms with Crippen molar-refractivity contribution < 1.29 is 4.79 Å². The Labute approximate surface area is 204 Å². The summed E-state index contributed by atoms with van der Waals surface area (Å²) >= 11 is 7.99. The molecule has 1 saturated heterocycles. The van der Waals surface area contributed by atoms with Gasteiger partial charge in [0.1, 0.15) is 16.5 Å². The van der Waals surface area contributed by atoms with Crippen molar-refractivity contribution in [2.45, 2.75) is 58.3 Å². The zero-order valence-corrected chi connectivity index (χ0v) is 21.0. The summed E-state index contributed by atoms with van der Waals surface area (Å²) in [6.45, 7) is 7.34. The standard InChI is InChI=1S/C26H31ClN4OS/c1-3-17(2)23-28-24(22-20-10-5-4-6-11-21(20)33-25(22)29-23)30-12-14-31(15-13-30)26(32)18-8-7-9-19(27)16-18/h7-9,16-17H,3-6,10-15H2,1-2H3/t17-/m1/s1. The van der Waals surface area contributed by atoms with Crippen LogP contribution >= 0.6 is 22.9 Å². The van der Waals surface area contributed by atoms with Crippen molar-refractivity contribution in [1.29, 1.82) is 0 Å². The molecular formula is C26H31ClN4OS. The molecule has 3 heterocycles. The summed E-state index contributed by atoms with van der Waals surface area (Å²) in [5.74, 6) is 2.42. The maximum atomic E-state index is 13.0. The Balaban J connectivity index is 1.45. The van der Waals surface area contributed by atoms with Crippen LogP contribution in [0.2, 0.25) is 5.02 Å². The number of hydrogen-bond acceptors (Lipinski definition) is 5. The molecule has 1 aliphatic heterocycles. The van der Waals surface area contributed by atoms with Gasteiger partial charge in [0.15, 0.2) is 0 Å². The molecule has 5 nitrogen and oxygen atoms in total. The fourth-order valence-electron chi connectivity index (χ4n) is 4.89. The van der Waals surface area contributed by atoms with Gasteiger partial charge >= 0.3 is 0 Å². The van der Waals surface area contributed by atoms with Crippen molar-refractivity contribution in [3.63, 3.8) is 0 Å². The first-order chi connectivity index (χ1) is 16.0. The first-order valence-corrected chi connectivity index (χ1v) is 13.4. The van der Waals surface area contributed by atoms with Crippen LogP contribution in [0.5, 0.6) is 0 Å². The smallest absolute Gasteiger partial charge is 0.254 e. The van der Waals surface area contributed by atoms with Gasteiger partial charge in [-0.2, -0.15) is 0 Å². The lowest BCUT2D eigenvalue weighted by molar-refractivity contribution is 0.0746. The molecule has 1 fully saturated rings. The molecule has 1 aromatic carbocycles. The van der Waals surface area contributed by atoms with Crippen LogP contribution in [0.15, 0.2) is 24.3 Å². The predicted octanol–water partition coefficient (Wildman–Crippen LogP) is 6.09. The topological polar surface area (TPSA) is 49.3 Å². The number of amides is 1. The highest BCUT2D eigenvalue weighted by atomic mass is 35.5. The number of halogens is 1. The number of rotatable bonds is 4. The van der Waals surface area contributed by atoms with Crippen molar-refractivity contribution in [2.24, 2.45) is 0 Å². The molecule has 2 aromatic heterocycles. The molecule has 174 valence electrons. The van der Waals surface area contributed by atoms with E-state index in [-0.39, 0.29) is 5.91 Å². The zero-order chi connectivity index (χ0) is 22.9. The molecule has 5 rings (SSSR count). The molecule has 1 amide bonds. The van der Waals surface area contributed by atoms with Crippen LogP contribution in [0, 0.1) is 0 Å². The number of hydrogen-bond donors (Lipinski definition) is 0. The minimum absolute atomic E-state index is 0.0506. The normalized spacial score (nSPS) is 17.7. The van der Waals surface area contributed by atoms with Gasteiger partial charge in [-0.25, -0.2) is 9.97 Å². The number of piperazine rings is 1. The van der Waals surface area contributed by atoms with Crippen molar-refractivity contribution in [3.05, 3.63) is 51.1 Å². The van der Waals surface area contributed by atoms with Gasteiger partial charge in [-0.1, -0.05) is 37.9 Å². The Kier molecular flexibility index (Phi) is 6.57. The molecule has 0 unspecified atom stereocenters. The highest BCUT2D eigenvalue weighted by Gasteiger charge is 2.28. The Morgan fingerprint density at radius 2 is 1.91 bits per heavy atom. The fourth-order valence-corrected chi connectivity index (χ4v) is 6.34. The summed E-state index contributed by atoms with van der Waals surface area (Å²) in [5, 5.41) is 1.87. The lowest BCUT2D eigenvalue weighted by Gasteiger charge is -2.36. The van der Waals surface area contributed by atoms with E-state index in [0.717, 1.165) is 48.8 Å². The summed E-state index contributed by atoms with van der Waals surface area (Å²) in [6, 6.07) is 7.23. The lowest BCUT2D eigenvalue weighted by atomic mass is 10.1. The Hall–Kier alpha value is -2.18. The van der Waals surface area contributed by atoms with Crippen LogP contribution in [-0.4, -0.2) is 47.0 Å². The van der Waals surface area contributed by atoms with Gasteiger partial charge in [0, 0.05) is 47.6 Å². The molecule has 0 bridgehead atoms. The number of aryl methyl sites for hydroxylation is 2. The van der Waals surface area contributed by atoms with Gasteiger partial charge < -0.3 is 9.80 Å². The lowest BCUT2D eigenvalue weighted by Crippen LogP contribution is -2.49. The molecule has 7 heteroatoms. The van der Waals surface area contributed by atoms with E-state index in [2.05, 4.69) is 18.7 Å². The van der Waals surface area contributed by atoms with E-state index in [1.165, 1.54) is 35.1 Å². The number of benzene rings is 1. The van der Waals surface area contributed by atoms with Gasteiger partial charge in [0.25, 0.3) is 5.91 Å². The zero-order valence-electron chi connectivity index (χ0n) is 19.4. The van der Waals surface area contributed by atoms with E-state index in [4.69, 9.17) is 21.6 Å². The van der Waals surface area contributed by atoms with E-state index in [1.54, 1.807) is 12.1 Å². The average molecular weight is 483 g/mol. The van der Waals surface area contributed by atoms with Crippen LogP contribution in [0.4, 0.5) is 5.82 Å². The number of carbonyl (C=O) groups is 1. The van der Waals surface area contributed by atoms with Crippen LogP contribution in [0.1, 0.15) is 72.1 Å². The molecule has 1 atom stereocenters. The van der Waals surface area contributed by atoms with Gasteiger partial charge in [0.05, 0.1) is 5.39 Å². The van der Waals surface area contributed by atoms with E-state index < -0.39 is 0 Å².